The highest BCUT2D eigenvalue weighted by Crippen LogP contribution is 2.36. The van der Waals surface area contributed by atoms with E-state index in [0.717, 1.165) is 11.8 Å². The van der Waals surface area contributed by atoms with Crippen LogP contribution in [0.2, 0.25) is 18.1 Å². The van der Waals surface area contributed by atoms with Gasteiger partial charge in [0, 0.05) is 18.1 Å². The fourth-order valence-corrected chi connectivity index (χ4v) is 1.68. The fraction of sp³-hybridized carbons (Fsp3) is 1.00. The molecule has 0 aliphatic rings. The molecule has 0 aromatic heterocycles. The third kappa shape index (κ3) is 5.39. The van der Waals surface area contributed by atoms with Crippen LogP contribution in [0.3, 0.4) is 0 Å². The molecule has 0 heterocycles. The van der Waals surface area contributed by atoms with Crippen molar-refractivity contribution in [2.75, 3.05) is 24.6 Å². The Morgan fingerprint density at radius 2 is 1.93 bits per heavy atom. The predicted molar refractivity (Wildman–Crippen MR) is 67.6 cm³/mol. The molecule has 0 atom stereocenters. The van der Waals surface area contributed by atoms with E-state index in [4.69, 9.17) is 15.0 Å². The minimum Gasteiger partial charge on any atom is -0.416 e. The molecular formula is C10H24O2SSi. The van der Waals surface area contributed by atoms with E-state index < -0.39 is 21.4 Å². The van der Waals surface area contributed by atoms with Gasteiger partial charge in [-0.05, 0) is 18.1 Å². The molecular weight excluding hydrogens is 212 g/mol. The lowest BCUT2D eigenvalue weighted by atomic mass is 10.2. The Hall–Kier alpha value is 0.487. The molecule has 0 radical (unpaired) electrons. The lowest BCUT2D eigenvalue weighted by Gasteiger charge is -2.36. The zero-order valence-corrected chi connectivity index (χ0v) is 11.5. The van der Waals surface area contributed by atoms with Gasteiger partial charge in [0.25, 0.3) is 0 Å². The largest absolute Gasteiger partial charge is 0.416 e. The SMILES string of the molecule is [2H]C([2H])(O)CSCC([2H])([2H])O[Si](C)(C)C(C)(C)C. The molecule has 2 nitrogen and oxygen atoms in total. The standard InChI is InChI=1S/C10H24O2SSi/c1-10(2,3)14(4,5)12-7-9-13-8-6-11/h11H,6-9H2,1-5H3/i6D2,7D2. The summed E-state index contributed by atoms with van der Waals surface area (Å²) in [6.45, 7) is 6.00. The summed E-state index contributed by atoms with van der Waals surface area (Å²) < 4.78 is 35.2. The second kappa shape index (κ2) is 6.15. The lowest BCUT2D eigenvalue weighted by molar-refractivity contribution is 0.310. The van der Waals surface area contributed by atoms with Crippen LogP contribution in [0.1, 0.15) is 26.3 Å². The number of hydrogen-bond donors (Lipinski definition) is 1. The quantitative estimate of drug-likeness (QED) is 0.724. The monoisotopic (exact) mass is 240 g/mol. The molecule has 86 valence electrons. The van der Waals surface area contributed by atoms with Crippen molar-refractivity contribution in [1.29, 1.82) is 0 Å². The zero-order valence-electron chi connectivity index (χ0n) is 13.7. The van der Waals surface area contributed by atoms with Crippen LogP contribution < -0.4 is 0 Å². The van der Waals surface area contributed by atoms with Gasteiger partial charge in [0.1, 0.15) is 0 Å². The highest BCUT2D eigenvalue weighted by molar-refractivity contribution is 7.99. The average molecular weight is 240 g/mol. The van der Waals surface area contributed by atoms with Crippen molar-refractivity contribution in [3.05, 3.63) is 0 Å². The Morgan fingerprint density at radius 1 is 1.36 bits per heavy atom. The van der Waals surface area contributed by atoms with Crippen LogP contribution in [0.5, 0.6) is 0 Å². The summed E-state index contributed by atoms with van der Waals surface area (Å²) >= 11 is 1.02. The molecule has 0 rings (SSSR count). The second-order valence-electron chi connectivity index (χ2n) is 4.66. The van der Waals surface area contributed by atoms with E-state index in [0.29, 0.717) is 0 Å². The van der Waals surface area contributed by atoms with Crippen LogP contribution in [0.25, 0.3) is 0 Å². The number of thioether (sulfide) groups is 1. The Labute approximate surface area is 99.2 Å². The van der Waals surface area contributed by atoms with Gasteiger partial charge in [-0.3, -0.25) is 0 Å². The van der Waals surface area contributed by atoms with Crippen LogP contribution in [0, 0.1) is 0 Å². The van der Waals surface area contributed by atoms with Gasteiger partial charge >= 0.3 is 0 Å². The Kier molecular flexibility index (Phi) is 3.79. The van der Waals surface area contributed by atoms with Crippen molar-refractivity contribution in [3.63, 3.8) is 0 Å². The Bertz CT molecular complexity index is 274. The molecule has 0 unspecified atom stereocenters. The maximum absolute atomic E-state index is 8.93. The van der Waals surface area contributed by atoms with Crippen molar-refractivity contribution in [2.45, 2.75) is 38.9 Å². The van der Waals surface area contributed by atoms with Crippen molar-refractivity contribution < 1.29 is 15.0 Å². The van der Waals surface area contributed by atoms with E-state index in [2.05, 4.69) is 0 Å². The van der Waals surface area contributed by atoms with E-state index in [1.165, 1.54) is 0 Å². The van der Waals surface area contributed by atoms with E-state index in [9.17, 15) is 0 Å². The lowest BCUT2D eigenvalue weighted by Crippen LogP contribution is -2.41. The molecule has 0 spiro atoms. The third-order valence-electron chi connectivity index (χ3n) is 2.46. The molecule has 0 aliphatic carbocycles. The summed E-state index contributed by atoms with van der Waals surface area (Å²) in [5.41, 5.74) is 0. The van der Waals surface area contributed by atoms with Crippen molar-refractivity contribution in [1.82, 2.24) is 0 Å². The van der Waals surface area contributed by atoms with Gasteiger partial charge in [0.2, 0.25) is 0 Å². The molecule has 0 bridgehead atoms. The van der Waals surface area contributed by atoms with Gasteiger partial charge < -0.3 is 9.53 Å². The number of rotatable bonds is 6. The van der Waals surface area contributed by atoms with Crippen molar-refractivity contribution in [3.8, 4) is 0 Å². The Balaban J connectivity index is 4.40. The predicted octanol–water partition coefficient (Wildman–Crippen LogP) is 2.73. The second-order valence-corrected chi connectivity index (χ2v) is 10.4. The first-order chi connectivity index (χ1) is 7.66. The maximum atomic E-state index is 8.93. The van der Waals surface area contributed by atoms with Crippen LogP contribution >= 0.6 is 11.8 Å². The molecule has 1 N–H and O–H groups in total. The van der Waals surface area contributed by atoms with Crippen LogP contribution in [0.4, 0.5) is 0 Å². The first kappa shape index (κ1) is 8.62. The molecule has 0 saturated carbocycles. The molecule has 14 heavy (non-hydrogen) atoms. The van der Waals surface area contributed by atoms with Gasteiger partial charge in [-0.25, -0.2) is 0 Å². The van der Waals surface area contributed by atoms with E-state index in [1.54, 1.807) is 0 Å². The van der Waals surface area contributed by atoms with Gasteiger partial charge in [-0.15, -0.1) is 0 Å². The van der Waals surface area contributed by atoms with E-state index in [1.807, 2.05) is 33.9 Å². The summed E-state index contributed by atoms with van der Waals surface area (Å²) in [6.07, 6.45) is 0. The average Bonchev–Trinajstić information content (AvgIpc) is 1.95. The summed E-state index contributed by atoms with van der Waals surface area (Å²) in [5, 5.41) is 8.86. The minimum atomic E-state index is -2.27. The van der Waals surface area contributed by atoms with Gasteiger partial charge in [0.05, 0.1) is 12.0 Å². The molecule has 0 amide bonds. The van der Waals surface area contributed by atoms with Crippen LogP contribution in [-0.2, 0) is 4.43 Å². The minimum absolute atomic E-state index is 0.0135. The summed E-state index contributed by atoms with van der Waals surface area (Å²) in [6, 6.07) is 0. The molecule has 4 heteroatoms. The topological polar surface area (TPSA) is 29.5 Å². The zero-order chi connectivity index (χ0) is 14.8. The fourth-order valence-electron chi connectivity index (χ4n) is 0.501. The summed E-state index contributed by atoms with van der Waals surface area (Å²) in [5.74, 6) is -0.146. The normalized spacial score (nSPS) is 19.6. The van der Waals surface area contributed by atoms with E-state index in [-0.39, 0.29) is 16.5 Å². The van der Waals surface area contributed by atoms with Crippen LogP contribution in [-0.4, -0.2) is 38.0 Å². The third-order valence-corrected chi connectivity index (χ3v) is 7.38. The summed E-state index contributed by atoms with van der Waals surface area (Å²) in [7, 11) is -2.18. The highest BCUT2D eigenvalue weighted by atomic mass is 32.2. The molecule has 0 aliphatic heterocycles. The maximum Gasteiger partial charge on any atom is 0.192 e. The number of hydrogen-bond acceptors (Lipinski definition) is 3. The molecule has 0 saturated heterocycles. The van der Waals surface area contributed by atoms with Crippen LogP contribution in [0.15, 0.2) is 0 Å². The van der Waals surface area contributed by atoms with Crippen molar-refractivity contribution in [2.24, 2.45) is 0 Å². The first-order valence-corrected chi connectivity index (χ1v) is 8.73. The molecule has 0 fully saturated rings. The van der Waals surface area contributed by atoms with Gasteiger partial charge in [0.15, 0.2) is 8.32 Å². The smallest absolute Gasteiger partial charge is 0.192 e. The van der Waals surface area contributed by atoms with Crippen molar-refractivity contribution >= 4 is 20.1 Å². The Morgan fingerprint density at radius 3 is 2.36 bits per heavy atom. The highest BCUT2D eigenvalue weighted by Gasteiger charge is 2.36. The van der Waals surface area contributed by atoms with E-state index >= 15 is 0 Å². The number of aliphatic hydroxyl groups is 1. The van der Waals surface area contributed by atoms with Gasteiger partial charge in [-0.1, -0.05) is 20.8 Å². The molecule has 0 aromatic carbocycles. The summed E-state index contributed by atoms with van der Waals surface area (Å²) in [4.78, 5) is 0. The first-order valence-electron chi connectivity index (χ1n) is 6.67. The van der Waals surface area contributed by atoms with Gasteiger partial charge in [-0.2, -0.15) is 11.8 Å². The molecule has 0 aromatic rings.